The van der Waals surface area contributed by atoms with Gasteiger partial charge < -0.3 is 14.2 Å². The van der Waals surface area contributed by atoms with Crippen molar-refractivity contribution in [2.24, 2.45) is 0 Å². The van der Waals surface area contributed by atoms with Gasteiger partial charge in [-0.1, -0.05) is 255 Å². The maximum atomic E-state index is 6.40. The van der Waals surface area contributed by atoms with Gasteiger partial charge in [-0.05, 0) is 157 Å². The minimum absolute atomic E-state index is 0.904. The van der Waals surface area contributed by atoms with Gasteiger partial charge >= 0.3 is 0 Å². The van der Waals surface area contributed by atoms with E-state index in [2.05, 4.69) is 326 Å². The maximum absolute atomic E-state index is 6.40. The molecule has 0 saturated heterocycles. The molecule has 392 valence electrons. The summed E-state index contributed by atoms with van der Waals surface area (Å²) in [6.45, 7) is 3.91. The van der Waals surface area contributed by atoms with Crippen LogP contribution in [0.1, 0.15) is 5.56 Å². The van der Waals surface area contributed by atoms with E-state index in [1.807, 2.05) is 18.2 Å². The molecular formula is C80H56N2O. The summed E-state index contributed by atoms with van der Waals surface area (Å²) in [7, 11) is 0. The fourth-order valence-electron chi connectivity index (χ4n) is 11.5. The zero-order valence-corrected chi connectivity index (χ0v) is 45.7. The van der Waals surface area contributed by atoms with Gasteiger partial charge in [0.05, 0.1) is 0 Å². The quantitative estimate of drug-likeness (QED) is 0.108. The highest BCUT2D eigenvalue weighted by molar-refractivity contribution is 6.09. The average molecular weight is 1060 g/mol. The fraction of sp³-hybridized carbons (Fsp3) is 0. The topological polar surface area (TPSA) is 19.6 Å². The monoisotopic (exact) mass is 1060 g/mol. The molecular weight excluding hydrogens is 1000 g/mol. The zero-order chi connectivity index (χ0) is 55.5. The third-order valence-electron chi connectivity index (χ3n) is 15.9. The highest BCUT2D eigenvalue weighted by Crippen LogP contribution is 2.42. The number of furan rings is 1. The molecule has 1 aromatic heterocycles. The molecule has 14 rings (SSSR count). The standard InChI is InChI=1S/C80H56N2O/c1-2-56-20-22-59(23-21-56)60-24-26-61(27-25-60)65-36-48-72(49-37-65)82(73-50-38-66(39-51-73)62-28-30-69(31-29-62)76-17-11-18-78-77-16-9-10-19-79(77)83-80(76)78)75-54-42-68(43-55-75)67-40-52-74(53-41-67)81(70-44-32-63(33-45-70)57-12-5-3-6-13-57)71-46-34-64(35-47-71)58-14-7-4-8-15-58/h2-55H,1H2. The van der Waals surface area contributed by atoms with E-state index in [0.29, 0.717) is 0 Å². The third kappa shape index (κ3) is 10.2. The van der Waals surface area contributed by atoms with E-state index in [0.717, 1.165) is 101 Å². The van der Waals surface area contributed by atoms with Gasteiger partial charge in [-0.2, -0.15) is 0 Å². The van der Waals surface area contributed by atoms with Crippen LogP contribution >= 0.6 is 0 Å². The second-order valence-electron chi connectivity index (χ2n) is 20.9. The fourth-order valence-corrected chi connectivity index (χ4v) is 11.5. The Morgan fingerprint density at radius 1 is 0.229 bits per heavy atom. The molecule has 0 aliphatic heterocycles. The summed E-state index contributed by atoms with van der Waals surface area (Å²) in [6.07, 6.45) is 1.88. The lowest BCUT2D eigenvalue weighted by Gasteiger charge is -2.27. The van der Waals surface area contributed by atoms with Crippen LogP contribution in [0.5, 0.6) is 0 Å². The molecule has 0 aliphatic carbocycles. The molecule has 0 radical (unpaired) electrons. The Kier molecular flexibility index (Phi) is 13.5. The number of hydrogen-bond acceptors (Lipinski definition) is 3. The molecule has 3 heteroatoms. The van der Waals surface area contributed by atoms with Crippen molar-refractivity contribution in [1.29, 1.82) is 0 Å². The first-order chi connectivity index (χ1) is 41.1. The normalized spacial score (nSPS) is 11.2. The molecule has 0 aliphatic rings. The first-order valence-corrected chi connectivity index (χ1v) is 28.2. The average Bonchev–Trinajstić information content (AvgIpc) is 4.16. The molecule has 3 nitrogen and oxygen atoms in total. The predicted octanol–water partition coefficient (Wildman–Crippen LogP) is 22.8. The number of rotatable bonds is 14. The van der Waals surface area contributed by atoms with Gasteiger partial charge in [0.1, 0.15) is 11.2 Å². The van der Waals surface area contributed by atoms with E-state index in [1.54, 1.807) is 0 Å². The van der Waals surface area contributed by atoms with Gasteiger partial charge in [0, 0.05) is 50.5 Å². The van der Waals surface area contributed by atoms with Gasteiger partial charge in [-0.3, -0.25) is 0 Å². The number of fused-ring (bicyclic) bond motifs is 3. The molecule has 0 unspecified atom stereocenters. The van der Waals surface area contributed by atoms with Gasteiger partial charge in [0.15, 0.2) is 0 Å². The number of benzene rings is 13. The van der Waals surface area contributed by atoms with Crippen LogP contribution in [-0.2, 0) is 0 Å². The van der Waals surface area contributed by atoms with Gasteiger partial charge in [0.2, 0.25) is 0 Å². The minimum Gasteiger partial charge on any atom is -0.455 e. The summed E-state index contributed by atoms with van der Waals surface area (Å²) in [4.78, 5) is 4.68. The van der Waals surface area contributed by atoms with Crippen LogP contribution < -0.4 is 9.80 Å². The molecule has 0 amide bonds. The highest BCUT2D eigenvalue weighted by Gasteiger charge is 2.18. The second kappa shape index (κ2) is 22.3. The number of nitrogens with zero attached hydrogens (tertiary/aromatic N) is 2. The van der Waals surface area contributed by atoms with Gasteiger partial charge in [-0.25, -0.2) is 0 Å². The van der Waals surface area contributed by atoms with Crippen molar-refractivity contribution in [3.8, 4) is 77.9 Å². The van der Waals surface area contributed by atoms with E-state index in [-0.39, 0.29) is 0 Å². The molecule has 0 atom stereocenters. The SMILES string of the molecule is C=Cc1ccc(-c2ccc(-c3ccc(N(c4ccc(-c5ccc(-c6cccc7c6oc6ccccc67)cc5)cc4)c4ccc(-c5ccc(N(c6ccc(-c7ccccc7)cc6)c6ccc(-c7ccccc7)cc6)cc5)cc4)cc3)cc2)cc1. The van der Waals surface area contributed by atoms with Crippen molar-refractivity contribution in [3.05, 3.63) is 334 Å². The first-order valence-electron chi connectivity index (χ1n) is 28.2. The van der Waals surface area contributed by atoms with Crippen molar-refractivity contribution < 1.29 is 4.42 Å². The van der Waals surface area contributed by atoms with Crippen LogP contribution in [-0.4, -0.2) is 0 Å². The Balaban J connectivity index is 0.763. The van der Waals surface area contributed by atoms with Crippen LogP contribution in [0.15, 0.2) is 333 Å². The molecule has 0 N–H and O–H groups in total. The molecule has 0 fully saturated rings. The Labute approximate surface area is 485 Å². The van der Waals surface area contributed by atoms with Gasteiger partial charge in [-0.15, -0.1) is 0 Å². The lowest BCUT2D eigenvalue weighted by atomic mass is 9.98. The molecule has 0 bridgehead atoms. The van der Waals surface area contributed by atoms with Crippen LogP contribution in [0.4, 0.5) is 34.1 Å². The molecule has 83 heavy (non-hydrogen) atoms. The number of para-hydroxylation sites is 2. The van der Waals surface area contributed by atoms with Crippen molar-refractivity contribution in [1.82, 2.24) is 0 Å². The summed E-state index contributed by atoms with van der Waals surface area (Å²) in [5, 5.41) is 2.27. The largest absolute Gasteiger partial charge is 0.455 e. The van der Waals surface area contributed by atoms with Crippen molar-refractivity contribution in [2.75, 3.05) is 9.80 Å². The third-order valence-corrected chi connectivity index (χ3v) is 15.9. The highest BCUT2D eigenvalue weighted by atomic mass is 16.3. The van der Waals surface area contributed by atoms with E-state index in [9.17, 15) is 0 Å². The van der Waals surface area contributed by atoms with Crippen LogP contribution in [0.3, 0.4) is 0 Å². The summed E-state index contributed by atoms with van der Waals surface area (Å²) in [5.74, 6) is 0. The molecule has 1 heterocycles. The van der Waals surface area contributed by atoms with Gasteiger partial charge in [0.25, 0.3) is 0 Å². The second-order valence-corrected chi connectivity index (χ2v) is 20.9. The maximum Gasteiger partial charge on any atom is 0.143 e. The first kappa shape index (κ1) is 50.2. The van der Waals surface area contributed by atoms with Crippen LogP contribution in [0.25, 0.3) is 106 Å². The lowest BCUT2D eigenvalue weighted by molar-refractivity contribution is 0.670. The smallest absolute Gasteiger partial charge is 0.143 e. The van der Waals surface area contributed by atoms with Crippen LogP contribution in [0, 0.1) is 0 Å². The summed E-state index contributed by atoms with van der Waals surface area (Å²) >= 11 is 0. The Morgan fingerprint density at radius 2 is 0.494 bits per heavy atom. The Bertz CT molecular complexity index is 4430. The minimum atomic E-state index is 0.904. The van der Waals surface area contributed by atoms with Crippen molar-refractivity contribution in [3.63, 3.8) is 0 Å². The van der Waals surface area contributed by atoms with E-state index < -0.39 is 0 Å². The molecule has 0 saturated carbocycles. The van der Waals surface area contributed by atoms with Crippen molar-refractivity contribution >= 4 is 62.1 Å². The molecule has 13 aromatic carbocycles. The Morgan fingerprint density at radius 3 is 0.831 bits per heavy atom. The van der Waals surface area contributed by atoms with E-state index >= 15 is 0 Å². The summed E-state index contributed by atoms with van der Waals surface area (Å²) in [6, 6.07) is 115. The number of hydrogen-bond donors (Lipinski definition) is 0. The van der Waals surface area contributed by atoms with E-state index in [1.165, 1.54) is 38.9 Å². The van der Waals surface area contributed by atoms with E-state index in [4.69, 9.17) is 4.42 Å². The summed E-state index contributed by atoms with van der Waals surface area (Å²) < 4.78 is 6.40. The number of anilines is 6. The summed E-state index contributed by atoms with van der Waals surface area (Å²) in [5.41, 5.74) is 25.6. The predicted molar refractivity (Wildman–Crippen MR) is 351 cm³/mol. The molecule has 0 spiro atoms. The lowest BCUT2D eigenvalue weighted by Crippen LogP contribution is -2.10. The van der Waals surface area contributed by atoms with Crippen LogP contribution in [0.2, 0.25) is 0 Å². The zero-order valence-electron chi connectivity index (χ0n) is 45.7. The molecule has 14 aromatic rings. The Hall–Kier alpha value is -11.0. The van der Waals surface area contributed by atoms with Crippen molar-refractivity contribution in [2.45, 2.75) is 0 Å².